The van der Waals surface area contributed by atoms with Gasteiger partial charge in [-0.25, -0.2) is 0 Å². The number of benzene rings is 1. The number of aryl methyl sites for hydroxylation is 1. The summed E-state index contributed by atoms with van der Waals surface area (Å²) in [7, 11) is 0. The molecule has 3 N–H and O–H groups in total. The average molecular weight is 254 g/mol. The molecule has 4 heteroatoms. The van der Waals surface area contributed by atoms with Gasteiger partial charge >= 0.3 is 5.97 Å². The minimum Gasteiger partial charge on any atom is -0.481 e. The molecule has 0 bridgehead atoms. The van der Waals surface area contributed by atoms with Crippen molar-refractivity contribution in [3.05, 3.63) is 33.8 Å². The SMILES string of the molecule is NC(CCC(=O)O)c1cc(Cl)c2c(c1)CCC2. The number of carboxylic acids is 1. The number of aliphatic carboxylic acids is 1. The highest BCUT2D eigenvalue weighted by Crippen LogP contribution is 2.32. The monoisotopic (exact) mass is 253 g/mol. The van der Waals surface area contributed by atoms with E-state index in [1.807, 2.05) is 6.07 Å². The number of carbonyl (C=O) groups is 1. The second kappa shape index (κ2) is 5.07. The second-order valence-corrected chi connectivity index (χ2v) is 4.94. The minimum absolute atomic E-state index is 0.0931. The molecule has 0 fully saturated rings. The van der Waals surface area contributed by atoms with Gasteiger partial charge in [0.15, 0.2) is 0 Å². The summed E-state index contributed by atoms with van der Waals surface area (Å²) in [5.41, 5.74) is 9.45. The zero-order chi connectivity index (χ0) is 12.4. The van der Waals surface area contributed by atoms with Crippen molar-refractivity contribution >= 4 is 17.6 Å². The first-order chi connectivity index (χ1) is 8.08. The van der Waals surface area contributed by atoms with E-state index in [1.165, 1.54) is 11.1 Å². The van der Waals surface area contributed by atoms with Crippen LogP contribution in [0.1, 0.15) is 42.0 Å². The summed E-state index contributed by atoms with van der Waals surface area (Å²) in [5.74, 6) is -0.812. The third-order valence-corrected chi connectivity index (χ3v) is 3.62. The maximum Gasteiger partial charge on any atom is 0.303 e. The number of nitrogens with two attached hydrogens (primary N) is 1. The molecule has 1 aromatic rings. The summed E-state index contributed by atoms with van der Waals surface area (Å²) in [4.78, 5) is 10.5. The molecule has 0 saturated carbocycles. The molecule has 0 heterocycles. The zero-order valence-corrected chi connectivity index (χ0v) is 10.3. The van der Waals surface area contributed by atoms with Crippen LogP contribution in [0.5, 0.6) is 0 Å². The van der Waals surface area contributed by atoms with Gasteiger partial charge in [0.05, 0.1) is 0 Å². The number of rotatable bonds is 4. The Morgan fingerprint density at radius 3 is 2.94 bits per heavy atom. The molecule has 1 aromatic carbocycles. The molecule has 17 heavy (non-hydrogen) atoms. The number of hydrogen-bond acceptors (Lipinski definition) is 2. The first-order valence-corrected chi connectivity index (χ1v) is 6.24. The van der Waals surface area contributed by atoms with Crippen LogP contribution in [0.25, 0.3) is 0 Å². The number of fused-ring (bicyclic) bond motifs is 1. The highest BCUT2D eigenvalue weighted by atomic mass is 35.5. The van der Waals surface area contributed by atoms with E-state index in [2.05, 4.69) is 6.07 Å². The summed E-state index contributed by atoms with van der Waals surface area (Å²) in [6.07, 6.45) is 3.77. The molecule has 0 saturated heterocycles. The number of hydrogen-bond donors (Lipinski definition) is 2. The molecule has 1 unspecified atom stereocenters. The lowest BCUT2D eigenvalue weighted by Gasteiger charge is -2.13. The maximum atomic E-state index is 10.5. The first kappa shape index (κ1) is 12.4. The summed E-state index contributed by atoms with van der Waals surface area (Å²) in [5, 5.41) is 9.42. The van der Waals surface area contributed by atoms with Crippen LogP contribution < -0.4 is 5.73 Å². The third-order valence-electron chi connectivity index (χ3n) is 3.28. The van der Waals surface area contributed by atoms with Crippen molar-refractivity contribution in [1.29, 1.82) is 0 Å². The van der Waals surface area contributed by atoms with E-state index < -0.39 is 5.97 Å². The average Bonchev–Trinajstić information content (AvgIpc) is 2.74. The van der Waals surface area contributed by atoms with Crippen molar-refractivity contribution in [2.75, 3.05) is 0 Å². The molecule has 1 aliphatic rings. The lowest BCUT2D eigenvalue weighted by Crippen LogP contribution is -2.12. The molecule has 3 nitrogen and oxygen atoms in total. The van der Waals surface area contributed by atoms with Gasteiger partial charge in [-0.3, -0.25) is 4.79 Å². The van der Waals surface area contributed by atoms with Crippen LogP contribution in [-0.4, -0.2) is 11.1 Å². The van der Waals surface area contributed by atoms with Crippen LogP contribution in [0, 0.1) is 0 Å². The predicted octanol–water partition coefficient (Wildman–Crippen LogP) is 2.69. The van der Waals surface area contributed by atoms with Crippen molar-refractivity contribution in [2.45, 2.75) is 38.1 Å². The summed E-state index contributed by atoms with van der Waals surface area (Å²) in [6, 6.07) is 3.73. The van der Waals surface area contributed by atoms with Crippen LogP contribution in [0.15, 0.2) is 12.1 Å². The zero-order valence-electron chi connectivity index (χ0n) is 9.58. The molecular weight excluding hydrogens is 238 g/mol. The lowest BCUT2D eigenvalue weighted by atomic mass is 9.98. The maximum absolute atomic E-state index is 10.5. The number of carboxylic acid groups (broad SMARTS) is 1. The topological polar surface area (TPSA) is 63.3 Å². The van der Waals surface area contributed by atoms with Crippen molar-refractivity contribution in [2.24, 2.45) is 5.73 Å². The van der Waals surface area contributed by atoms with Gasteiger partial charge in [-0.15, -0.1) is 0 Å². The van der Waals surface area contributed by atoms with Gasteiger partial charge in [-0.05, 0) is 48.4 Å². The quantitative estimate of drug-likeness (QED) is 0.867. The lowest BCUT2D eigenvalue weighted by molar-refractivity contribution is -0.137. The van der Waals surface area contributed by atoms with Crippen LogP contribution in [0.2, 0.25) is 5.02 Å². The van der Waals surface area contributed by atoms with Gasteiger partial charge in [0.2, 0.25) is 0 Å². The Balaban J connectivity index is 2.16. The molecular formula is C13H16ClNO2. The van der Waals surface area contributed by atoms with Crippen molar-refractivity contribution in [1.82, 2.24) is 0 Å². The van der Waals surface area contributed by atoms with Crippen LogP contribution in [0.3, 0.4) is 0 Å². The fraction of sp³-hybridized carbons (Fsp3) is 0.462. The van der Waals surface area contributed by atoms with Crippen molar-refractivity contribution in [3.63, 3.8) is 0 Å². The van der Waals surface area contributed by atoms with Gasteiger partial charge in [-0.1, -0.05) is 17.7 Å². The van der Waals surface area contributed by atoms with Gasteiger partial charge in [0, 0.05) is 17.5 Å². The van der Waals surface area contributed by atoms with Gasteiger partial charge in [0.1, 0.15) is 0 Å². The summed E-state index contributed by atoms with van der Waals surface area (Å²) < 4.78 is 0. The summed E-state index contributed by atoms with van der Waals surface area (Å²) in [6.45, 7) is 0. The predicted molar refractivity (Wildman–Crippen MR) is 67.3 cm³/mol. The molecule has 0 spiro atoms. The van der Waals surface area contributed by atoms with Crippen molar-refractivity contribution < 1.29 is 9.90 Å². The fourth-order valence-electron chi connectivity index (χ4n) is 2.34. The third kappa shape index (κ3) is 2.79. The van der Waals surface area contributed by atoms with E-state index >= 15 is 0 Å². The van der Waals surface area contributed by atoms with E-state index in [0.717, 1.165) is 29.8 Å². The minimum atomic E-state index is -0.812. The van der Waals surface area contributed by atoms with E-state index in [0.29, 0.717) is 6.42 Å². The standard InChI is InChI=1S/C13H16ClNO2/c14-11-7-9(12(15)4-5-13(16)17)6-8-2-1-3-10(8)11/h6-7,12H,1-5,15H2,(H,16,17). The Morgan fingerprint density at radius 2 is 2.24 bits per heavy atom. The molecule has 92 valence electrons. The van der Waals surface area contributed by atoms with E-state index in [-0.39, 0.29) is 12.5 Å². The normalized spacial score (nSPS) is 15.6. The molecule has 2 rings (SSSR count). The van der Waals surface area contributed by atoms with Crippen LogP contribution in [-0.2, 0) is 17.6 Å². The largest absolute Gasteiger partial charge is 0.481 e. The smallest absolute Gasteiger partial charge is 0.303 e. The highest BCUT2D eigenvalue weighted by Gasteiger charge is 2.17. The van der Waals surface area contributed by atoms with E-state index in [4.69, 9.17) is 22.4 Å². The Labute approximate surface area is 106 Å². The Bertz CT molecular complexity index is 445. The molecule has 0 radical (unpaired) electrons. The van der Waals surface area contributed by atoms with E-state index in [9.17, 15) is 4.79 Å². The van der Waals surface area contributed by atoms with E-state index in [1.54, 1.807) is 0 Å². The molecule has 1 atom stereocenters. The highest BCUT2D eigenvalue weighted by molar-refractivity contribution is 6.31. The van der Waals surface area contributed by atoms with Gasteiger partial charge in [0.25, 0.3) is 0 Å². The van der Waals surface area contributed by atoms with Gasteiger partial charge < -0.3 is 10.8 Å². The van der Waals surface area contributed by atoms with Crippen LogP contribution >= 0.6 is 11.6 Å². The molecule has 1 aliphatic carbocycles. The first-order valence-electron chi connectivity index (χ1n) is 5.86. The van der Waals surface area contributed by atoms with Gasteiger partial charge in [-0.2, -0.15) is 0 Å². The Hall–Kier alpha value is -1.06. The fourth-order valence-corrected chi connectivity index (χ4v) is 2.68. The Morgan fingerprint density at radius 1 is 1.47 bits per heavy atom. The Kier molecular flexibility index (Phi) is 3.69. The summed E-state index contributed by atoms with van der Waals surface area (Å²) >= 11 is 6.21. The molecule has 0 aromatic heterocycles. The molecule has 0 aliphatic heterocycles. The van der Waals surface area contributed by atoms with Crippen LogP contribution in [0.4, 0.5) is 0 Å². The molecule has 0 amide bonds. The van der Waals surface area contributed by atoms with Crippen molar-refractivity contribution in [3.8, 4) is 0 Å². The number of halogens is 1. The second-order valence-electron chi connectivity index (χ2n) is 4.53.